The maximum Gasteiger partial charge on any atom is 0.146 e. The van der Waals surface area contributed by atoms with E-state index in [1.165, 1.54) is 11.1 Å². The van der Waals surface area contributed by atoms with Crippen LogP contribution in [0.5, 0.6) is 0 Å². The molecule has 0 amide bonds. The van der Waals surface area contributed by atoms with Gasteiger partial charge in [0.05, 0.1) is 11.0 Å². The van der Waals surface area contributed by atoms with Crippen LogP contribution in [0.25, 0.3) is 11.0 Å². The van der Waals surface area contributed by atoms with Gasteiger partial charge in [0.15, 0.2) is 0 Å². The van der Waals surface area contributed by atoms with Crippen LogP contribution in [0.3, 0.4) is 0 Å². The average molecular weight is 627 g/mol. The molecule has 177 valence electrons. The van der Waals surface area contributed by atoms with Crippen LogP contribution in [-0.4, -0.2) is 9.97 Å². The van der Waals surface area contributed by atoms with Crippen molar-refractivity contribution in [3.8, 4) is 0 Å². The first kappa shape index (κ1) is 24.4. The van der Waals surface area contributed by atoms with Gasteiger partial charge in [0.1, 0.15) is 11.6 Å². The molecule has 0 unspecified atom stereocenters. The Morgan fingerprint density at radius 1 is 0.676 bits per heavy atom. The van der Waals surface area contributed by atoms with Crippen molar-refractivity contribution in [2.45, 2.75) is 52.4 Å². The van der Waals surface area contributed by atoms with Crippen LogP contribution < -0.4 is 9.80 Å². The molecular formula is C29H30IrN4-2. The molecule has 0 atom stereocenters. The monoisotopic (exact) mass is 627 g/mol. The molecule has 5 heteroatoms. The minimum Gasteiger partial charge on any atom is -0.477 e. The summed E-state index contributed by atoms with van der Waals surface area (Å²) in [7, 11) is 0. The average Bonchev–Trinajstić information content (AvgIpc) is 3.15. The van der Waals surface area contributed by atoms with Gasteiger partial charge in [-0.05, 0) is 35.2 Å². The number of nitrogens with zero attached hydrogens (tertiary/aromatic N) is 4. The van der Waals surface area contributed by atoms with Gasteiger partial charge >= 0.3 is 0 Å². The SMILES string of the molecule is CC(C)(C)c1c[c-]c(N2[CH-]N(c3ccc(C(C)(C)C)cc3)c3nc4ccccc4nc32)cc1.[Ir]. The van der Waals surface area contributed by atoms with Gasteiger partial charge in [0.2, 0.25) is 0 Å². The molecule has 0 bridgehead atoms. The van der Waals surface area contributed by atoms with Crippen molar-refractivity contribution in [3.63, 3.8) is 0 Å². The molecule has 0 aliphatic carbocycles. The van der Waals surface area contributed by atoms with E-state index in [0.29, 0.717) is 0 Å². The third-order valence-corrected chi connectivity index (χ3v) is 6.16. The number of aromatic nitrogens is 2. The molecule has 34 heavy (non-hydrogen) atoms. The molecule has 1 radical (unpaired) electrons. The molecular weight excluding hydrogens is 597 g/mol. The molecule has 1 aromatic heterocycles. The second kappa shape index (κ2) is 8.79. The van der Waals surface area contributed by atoms with E-state index in [1.54, 1.807) is 0 Å². The van der Waals surface area contributed by atoms with Gasteiger partial charge in [-0.1, -0.05) is 71.2 Å². The molecule has 5 rings (SSSR count). The van der Waals surface area contributed by atoms with Crippen molar-refractivity contribution in [1.82, 2.24) is 9.97 Å². The van der Waals surface area contributed by atoms with Crippen molar-refractivity contribution in [2.24, 2.45) is 0 Å². The Morgan fingerprint density at radius 2 is 1.21 bits per heavy atom. The van der Waals surface area contributed by atoms with Crippen LogP contribution in [0.1, 0.15) is 52.7 Å². The predicted molar refractivity (Wildman–Crippen MR) is 137 cm³/mol. The Morgan fingerprint density at radius 3 is 1.71 bits per heavy atom. The zero-order chi connectivity index (χ0) is 23.4. The third kappa shape index (κ3) is 4.47. The molecule has 3 aromatic carbocycles. The maximum absolute atomic E-state index is 4.99. The van der Waals surface area contributed by atoms with Gasteiger partial charge < -0.3 is 9.80 Å². The summed E-state index contributed by atoms with van der Waals surface area (Å²) in [5.74, 6) is 1.64. The van der Waals surface area contributed by atoms with E-state index in [4.69, 9.17) is 9.97 Å². The number of hydrogen-bond donors (Lipinski definition) is 0. The number of anilines is 4. The quantitative estimate of drug-likeness (QED) is 0.217. The van der Waals surface area contributed by atoms with Crippen molar-refractivity contribution in [3.05, 3.63) is 90.6 Å². The standard InChI is InChI=1S/C29H30N4.Ir/c1-28(2,3)20-11-15-22(16-12-20)32-19-33(23-17-13-21(14-18-23)29(4,5)6)27-26(32)30-24-9-7-8-10-25(24)31-27;/h7-17,19H,1-6H3;/q-2;. The summed E-state index contributed by atoms with van der Waals surface area (Å²) in [6.45, 7) is 15.4. The van der Waals surface area contributed by atoms with Gasteiger partial charge in [0, 0.05) is 25.8 Å². The molecule has 4 nitrogen and oxygen atoms in total. The van der Waals surface area contributed by atoms with Crippen molar-refractivity contribution < 1.29 is 20.1 Å². The van der Waals surface area contributed by atoms with E-state index in [-0.39, 0.29) is 30.9 Å². The second-order valence-electron chi connectivity index (χ2n) is 10.7. The summed E-state index contributed by atoms with van der Waals surface area (Å²) in [5, 5.41) is 0. The Labute approximate surface area is 216 Å². The van der Waals surface area contributed by atoms with Crippen molar-refractivity contribution in [2.75, 3.05) is 9.80 Å². The summed E-state index contributed by atoms with van der Waals surface area (Å²) >= 11 is 0. The fraction of sp³-hybridized carbons (Fsp3) is 0.276. The Hall–Kier alpha value is -2.75. The van der Waals surface area contributed by atoms with Gasteiger partial charge in [-0.3, -0.25) is 0 Å². The molecule has 1 aliphatic heterocycles. The summed E-state index contributed by atoms with van der Waals surface area (Å²) < 4.78 is 0. The van der Waals surface area contributed by atoms with Gasteiger partial charge in [0.25, 0.3) is 0 Å². The smallest absolute Gasteiger partial charge is 0.146 e. The van der Waals surface area contributed by atoms with Gasteiger partial charge in [-0.25, -0.2) is 9.97 Å². The van der Waals surface area contributed by atoms with Crippen molar-refractivity contribution >= 4 is 34.0 Å². The number of hydrogen-bond acceptors (Lipinski definition) is 4. The fourth-order valence-corrected chi connectivity index (χ4v) is 4.05. The Kier molecular flexibility index (Phi) is 6.30. The molecule has 4 aromatic rings. The number of rotatable bonds is 2. The Bertz CT molecular complexity index is 1200. The van der Waals surface area contributed by atoms with E-state index in [2.05, 4.69) is 107 Å². The normalized spacial score (nSPS) is 13.7. The van der Waals surface area contributed by atoms with E-state index < -0.39 is 0 Å². The molecule has 0 N–H and O–H groups in total. The van der Waals surface area contributed by atoms with E-state index >= 15 is 0 Å². The molecule has 2 heterocycles. The van der Waals surface area contributed by atoms with Crippen LogP contribution in [0.2, 0.25) is 0 Å². The maximum atomic E-state index is 4.99. The zero-order valence-electron chi connectivity index (χ0n) is 20.6. The summed E-state index contributed by atoms with van der Waals surface area (Å²) in [6, 6.07) is 26.6. The first-order chi connectivity index (χ1) is 15.6. The van der Waals surface area contributed by atoms with Gasteiger partial charge in [-0.15, -0.1) is 18.4 Å². The van der Waals surface area contributed by atoms with Crippen LogP contribution in [-0.2, 0) is 30.9 Å². The van der Waals surface area contributed by atoms with E-state index in [9.17, 15) is 0 Å². The number of fused-ring (bicyclic) bond motifs is 2. The summed E-state index contributed by atoms with van der Waals surface area (Å²) in [4.78, 5) is 14.2. The van der Waals surface area contributed by atoms with Crippen LogP contribution in [0, 0.1) is 12.7 Å². The van der Waals surface area contributed by atoms with Crippen LogP contribution >= 0.6 is 0 Å². The number of para-hydroxylation sites is 2. The fourth-order valence-electron chi connectivity index (χ4n) is 4.05. The van der Waals surface area contributed by atoms with Gasteiger partial charge in [-0.2, -0.15) is 23.8 Å². The van der Waals surface area contributed by atoms with Crippen LogP contribution in [0.4, 0.5) is 23.0 Å². The molecule has 0 spiro atoms. The van der Waals surface area contributed by atoms with E-state index in [1.807, 2.05) is 24.3 Å². The van der Waals surface area contributed by atoms with Crippen molar-refractivity contribution in [1.29, 1.82) is 0 Å². The first-order valence-corrected chi connectivity index (χ1v) is 11.4. The summed E-state index contributed by atoms with van der Waals surface area (Å²) in [6.07, 6.45) is 0. The first-order valence-electron chi connectivity index (χ1n) is 11.4. The molecule has 0 fully saturated rings. The Balaban J connectivity index is 0.00000274. The zero-order valence-corrected chi connectivity index (χ0v) is 22.9. The number of benzene rings is 3. The third-order valence-electron chi connectivity index (χ3n) is 6.16. The minimum atomic E-state index is 0. The second-order valence-corrected chi connectivity index (χ2v) is 10.7. The molecule has 0 saturated carbocycles. The van der Waals surface area contributed by atoms with E-state index in [0.717, 1.165) is 34.0 Å². The topological polar surface area (TPSA) is 32.3 Å². The summed E-state index contributed by atoms with van der Waals surface area (Å²) in [5.41, 5.74) is 6.52. The molecule has 0 saturated heterocycles. The molecule has 1 aliphatic rings. The largest absolute Gasteiger partial charge is 0.477 e. The minimum absolute atomic E-state index is 0. The van der Waals surface area contributed by atoms with Crippen LogP contribution in [0.15, 0.2) is 66.7 Å². The predicted octanol–water partition coefficient (Wildman–Crippen LogP) is 7.43.